The van der Waals surface area contributed by atoms with E-state index in [4.69, 9.17) is 9.26 Å². The number of hydrogen-bond acceptors (Lipinski definition) is 8. The summed E-state index contributed by atoms with van der Waals surface area (Å²) in [6, 6.07) is 4.85. The van der Waals surface area contributed by atoms with Gasteiger partial charge in [-0.1, -0.05) is 5.16 Å². The van der Waals surface area contributed by atoms with Crippen LogP contribution in [0, 0.1) is 6.92 Å². The fraction of sp³-hybridized carbons (Fsp3) is 0.200. The minimum Gasteiger partial charge on any atom is -0.462 e. The maximum absolute atomic E-state index is 12.3. The van der Waals surface area contributed by atoms with Gasteiger partial charge in [0.05, 0.1) is 23.2 Å². The van der Waals surface area contributed by atoms with Gasteiger partial charge in [-0.3, -0.25) is 9.89 Å². The van der Waals surface area contributed by atoms with Crippen LogP contribution < -0.4 is 5.56 Å². The summed E-state index contributed by atoms with van der Waals surface area (Å²) in [6.45, 7) is 3.62. The van der Waals surface area contributed by atoms with Crippen LogP contribution >= 0.6 is 0 Å². The molecule has 10 heteroatoms. The molecular weight excluding hydrogens is 328 g/mol. The van der Waals surface area contributed by atoms with Gasteiger partial charge in [0.15, 0.2) is 5.69 Å². The average Bonchev–Trinajstić information content (AvgIpc) is 3.17. The monoisotopic (exact) mass is 340 g/mol. The summed E-state index contributed by atoms with van der Waals surface area (Å²) in [5, 5.41) is 6.35. The summed E-state index contributed by atoms with van der Waals surface area (Å²) < 4.78 is 11.3. The molecule has 25 heavy (non-hydrogen) atoms. The Labute approximate surface area is 139 Å². The number of imidazole rings is 1. The number of rotatable bonds is 3. The molecule has 126 valence electrons. The van der Waals surface area contributed by atoms with Crippen LogP contribution in [0.1, 0.15) is 23.2 Å². The molecule has 10 nitrogen and oxygen atoms in total. The molecule has 1 aromatic carbocycles. The number of fused-ring (bicyclic) bond motifs is 3. The minimum atomic E-state index is -0.505. The molecule has 1 N–H and O–H groups in total. The van der Waals surface area contributed by atoms with Gasteiger partial charge in [0.2, 0.25) is 11.7 Å². The summed E-state index contributed by atoms with van der Waals surface area (Å²) >= 11 is 0. The number of aromatic nitrogens is 6. The molecule has 0 saturated carbocycles. The van der Waals surface area contributed by atoms with Gasteiger partial charge >= 0.3 is 5.97 Å². The molecule has 0 aliphatic heterocycles. The molecule has 0 unspecified atom stereocenters. The Kier molecular flexibility index (Phi) is 3.31. The number of aromatic amines is 1. The number of aryl methyl sites for hydroxylation is 1. The molecule has 4 rings (SSSR count). The number of hydrogen-bond donors (Lipinski definition) is 1. The Balaban J connectivity index is 1.91. The van der Waals surface area contributed by atoms with Crippen LogP contribution in [0.2, 0.25) is 0 Å². The maximum atomic E-state index is 12.3. The third-order valence-corrected chi connectivity index (χ3v) is 3.53. The van der Waals surface area contributed by atoms with E-state index >= 15 is 0 Å². The van der Waals surface area contributed by atoms with Crippen LogP contribution in [0.3, 0.4) is 0 Å². The second-order valence-corrected chi connectivity index (χ2v) is 5.21. The van der Waals surface area contributed by atoms with E-state index < -0.39 is 11.5 Å². The largest absolute Gasteiger partial charge is 0.462 e. The van der Waals surface area contributed by atoms with Gasteiger partial charge in [-0.2, -0.15) is 4.98 Å². The van der Waals surface area contributed by atoms with Gasteiger partial charge in [0, 0.05) is 6.92 Å². The lowest BCUT2D eigenvalue weighted by atomic mass is 10.2. The fourth-order valence-corrected chi connectivity index (χ4v) is 2.44. The van der Waals surface area contributed by atoms with Gasteiger partial charge in [-0.05, 0) is 25.1 Å². The van der Waals surface area contributed by atoms with E-state index in [1.807, 2.05) is 0 Å². The number of nitrogens with zero attached hydrogens (tertiary/aromatic N) is 5. The first-order chi connectivity index (χ1) is 12.1. The van der Waals surface area contributed by atoms with E-state index in [-0.39, 0.29) is 23.9 Å². The molecule has 0 saturated heterocycles. The van der Waals surface area contributed by atoms with E-state index in [1.165, 1.54) is 4.52 Å². The van der Waals surface area contributed by atoms with Gasteiger partial charge in [0.25, 0.3) is 11.3 Å². The van der Waals surface area contributed by atoms with Gasteiger partial charge in [-0.25, -0.2) is 19.3 Å². The zero-order valence-corrected chi connectivity index (χ0v) is 13.3. The van der Waals surface area contributed by atoms with Crippen molar-refractivity contribution in [1.82, 2.24) is 29.7 Å². The Morgan fingerprint density at radius 1 is 1.32 bits per heavy atom. The lowest BCUT2D eigenvalue weighted by molar-refractivity contribution is 0.0526. The molecule has 3 aromatic heterocycles. The van der Waals surface area contributed by atoms with Gasteiger partial charge < -0.3 is 9.26 Å². The molecule has 4 aromatic rings. The molecule has 0 fully saturated rings. The molecule has 0 spiro atoms. The van der Waals surface area contributed by atoms with Crippen molar-refractivity contribution in [2.45, 2.75) is 13.8 Å². The highest BCUT2D eigenvalue weighted by molar-refractivity contribution is 5.94. The third-order valence-electron chi connectivity index (χ3n) is 3.53. The van der Waals surface area contributed by atoms with Crippen LogP contribution in [-0.4, -0.2) is 42.3 Å². The van der Waals surface area contributed by atoms with Crippen molar-refractivity contribution in [1.29, 1.82) is 0 Å². The number of H-pyrrole nitrogens is 1. The third kappa shape index (κ3) is 2.43. The Morgan fingerprint density at radius 2 is 2.16 bits per heavy atom. The Hall–Kier alpha value is -3.56. The topological polar surface area (TPSA) is 128 Å². The van der Waals surface area contributed by atoms with E-state index in [1.54, 1.807) is 32.0 Å². The number of carbonyl (C=O) groups is 1. The number of esters is 1. The van der Waals surface area contributed by atoms with E-state index in [2.05, 4.69) is 25.2 Å². The summed E-state index contributed by atoms with van der Waals surface area (Å²) in [4.78, 5) is 36.8. The normalized spacial score (nSPS) is 11.3. The molecule has 0 radical (unpaired) electrons. The zero-order chi connectivity index (χ0) is 17.6. The molecule has 3 heterocycles. The molecule has 0 aliphatic carbocycles. The van der Waals surface area contributed by atoms with E-state index in [9.17, 15) is 9.59 Å². The summed E-state index contributed by atoms with van der Waals surface area (Å²) in [5.41, 5.74) is 0.952. The molecule has 0 amide bonds. The van der Waals surface area contributed by atoms with Crippen molar-refractivity contribution < 1.29 is 14.1 Å². The smallest absolute Gasteiger partial charge is 0.338 e. The number of carbonyl (C=O) groups excluding carboxylic acids is 1. The van der Waals surface area contributed by atoms with Crippen molar-refractivity contribution in [3.63, 3.8) is 0 Å². The Bertz CT molecular complexity index is 1170. The van der Waals surface area contributed by atoms with Crippen LogP contribution in [0.25, 0.3) is 28.3 Å². The molecule has 0 atom stereocenters. The summed E-state index contributed by atoms with van der Waals surface area (Å²) in [7, 11) is 0. The average molecular weight is 340 g/mol. The molecule has 0 bridgehead atoms. The number of benzene rings is 1. The highest BCUT2D eigenvalue weighted by Crippen LogP contribution is 2.18. The second-order valence-electron chi connectivity index (χ2n) is 5.21. The second kappa shape index (κ2) is 5.51. The first-order valence-electron chi connectivity index (χ1n) is 7.47. The predicted molar refractivity (Wildman–Crippen MR) is 85.1 cm³/mol. The number of ether oxygens (including phenoxy) is 1. The van der Waals surface area contributed by atoms with Crippen molar-refractivity contribution in [3.05, 3.63) is 40.0 Å². The van der Waals surface area contributed by atoms with Crippen molar-refractivity contribution >= 4 is 22.8 Å². The predicted octanol–water partition coefficient (Wildman–Crippen LogP) is 1.11. The van der Waals surface area contributed by atoms with Crippen molar-refractivity contribution in [2.24, 2.45) is 0 Å². The van der Waals surface area contributed by atoms with Crippen LogP contribution in [-0.2, 0) is 4.74 Å². The van der Waals surface area contributed by atoms with E-state index in [0.29, 0.717) is 22.5 Å². The number of nitrogens with one attached hydrogen (secondary N) is 1. The van der Waals surface area contributed by atoms with E-state index in [0.717, 1.165) is 0 Å². The van der Waals surface area contributed by atoms with Crippen LogP contribution in [0.5, 0.6) is 0 Å². The first-order valence-corrected chi connectivity index (χ1v) is 7.47. The van der Waals surface area contributed by atoms with Crippen LogP contribution in [0.15, 0.2) is 27.5 Å². The molecule has 0 aliphatic rings. The van der Waals surface area contributed by atoms with Crippen molar-refractivity contribution in [2.75, 3.05) is 6.61 Å². The maximum Gasteiger partial charge on any atom is 0.338 e. The quantitative estimate of drug-likeness (QED) is 0.549. The zero-order valence-electron chi connectivity index (χ0n) is 13.3. The summed E-state index contributed by atoms with van der Waals surface area (Å²) in [6.07, 6.45) is 0. The first kappa shape index (κ1) is 15.0. The van der Waals surface area contributed by atoms with Gasteiger partial charge in [-0.15, -0.1) is 0 Å². The lowest BCUT2D eigenvalue weighted by Crippen LogP contribution is -2.16. The standard InChI is InChI=1S/C15H12N6O4/c1-3-24-14(23)8-4-5-9-10(6-8)21-15(17-9)18-11(13(22)19-21)12-16-7(2)25-20-12/h4-6H,3H2,1-2H3,(H,19,22). The SMILES string of the molecule is CCOC(=O)c1ccc2nc3nc(-c4noc(C)n4)c(=O)[nH]n3c2c1. The van der Waals surface area contributed by atoms with Crippen LogP contribution in [0.4, 0.5) is 0 Å². The van der Waals surface area contributed by atoms with Crippen molar-refractivity contribution in [3.8, 4) is 11.5 Å². The van der Waals surface area contributed by atoms with Gasteiger partial charge in [0.1, 0.15) is 0 Å². The summed E-state index contributed by atoms with van der Waals surface area (Å²) in [5.74, 6) is 0.200. The lowest BCUT2D eigenvalue weighted by Gasteiger charge is -2.01. The molecular formula is C15H12N6O4. The highest BCUT2D eigenvalue weighted by atomic mass is 16.5. The minimum absolute atomic E-state index is 0.00488. The fourth-order valence-electron chi connectivity index (χ4n) is 2.44. The highest BCUT2D eigenvalue weighted by Gasteiger charge is 2.17. The Morgan fingerprint density at radius 3 is 2.88 bits per heavy atom.